The van der Waals surface area contributed by atoms with Crippen molar-refractivity contribution in [2.75, 3.05) is 11.9 Å². The van der Waals surface area contributed by atoms with E-state index in [0.29, 0.717) is 18.5 Å². The van der Waals surface area contributed by atoms with Crippen LogP contribution in [0, 0.1) is 5.82 Å². The van der Waals surface area contributed by atoms with Crippen LogP contribution >= 0.6 is 0 Å². The monoisotopic (exact) mass is 344 g/mol. The van der Waals surface area contributed by atoms with Crippen LogP contribution in [0.5, 0.6) is 0 Å². The highest BCUT2D eigenvalue weighted by Crippen LogP contribution is 2.19. The third-order valence-corrected chi connectivity index (χ3v) is 3.96. The van der Waals surface area contributed by atoms with E-state index in [1.54, 1.807) is 12.1 Å². The van der Waals surface area contributed by atoms with Crippen molar-refractivity contribution in [2.45, 2.75) is 38.3 Å². The number of rotatable bonds is 9. The summed E-state index contributed by atoms with van der Waals surface area (Å²) in [6.45, 7) is 2.10. The molecule has 0 aliphatic rings. The van der Waals surface area contributed by atoms with Crippen molar-refractivity contribution in [1.29, 1.82) is 0 Å². The van der Waals surface area contributed by atoms with Gasteiger partial charge in [-0.3, -0.25) is 4.79 Å². The summed E-state index contributed by atoms with van der Waals surface area (Å²) in [5.41, 5.74) is 1.72. The van der Waals surface area contributed by atoms with E-state index in [4.69, 9.17) is 5.11 Å². The predicted molar refractivity (Wildman–Crippen MR) is 97.7 cm³/mol. The molecule has 0 spiro atoms. The van der Waals surface area contributed by atoms with Gasteiger partial charge in [-0.25, -0.2) is 4.39 Å². The van der Waals surface area contributed by atoms with Gasteiger partial charge in [-0.1, -0.05) is 30.3 Å². The van der Waals surface area contributed by atoms with Crippen molar-refractivity contribution in [3.63, 3.8) is 0 Å². The summed E-state index contributed by atoms with van der Waals surface area (Å²) in [5, 5.41) is 15.3. The maximum absolute atomic E-state index is 12.9. The van der Waals surface area contributed by atoms with Crippen molar-refractivity contribution in [3.8, 4) is 0 Å². The van der Waals surface area contributed by atoms with Gasteiger partial charge in [0.05, 0.1) is 0 Å². The summed E-state index contributed by atoms with van der Waals surface area (Å²) >= 11 is 0. The van der Waals surface area contributed by atoms with E-state index >= 15 is 0 Å². The summed E-state index contributed by atoms with van der Waals surface area (Å²) in [5.74, 6) is -0.455. The lowest BCUT2D eigenvalue weighted by atomic mass is 10.0. The Hall–Kier alpha value is -2.24. The van der Waals surface area contributed by atoms with Crippen LogP contribution in [0.15, 0.2) is 54.6 Å². The third kappa shape index (κ3) is 6.64. The number of hydrogen-bond acceptors (Lipinski definition) is 3. The summed E-state index contributed by atoms with van der Waals surface area (Å²) in [7, 11) is 0. The molecule has 5 heteroatoms. The summed E-state index contributed by atoms with van der Waals surface area (Å²) in [6.07, 6.45) is 1.80. The highest BCUT2D eigenvalue weighted by molar-refractivity contribution is 5.91. The first-order valence-electron chi connectivity index (χ1n) is 8.55. The fraction of sp³-hybridized carbons (Fsp3) is 0.350. The zero-order valence-corrected chi connectivity index (χ0v) is 14.4. The minimum Gasteiger partial charge on any atom is -0.396 e. The Morgan fingerprint density at radius 2 is 1.80 bits per heavy atom. The van der Waals surface area contributed by atoms with Gasteiger partial charge >= 0.3 is 0 Å². The molecule has 0 saturated carbocycles. The second-order valence-electron chi connectivity index (χ2n) is 6.16. The molecule has 2 aromatic rings. The van der Waals surface area contributed by atoms with Crippen LogP contribution in [0.3, 0.4) is 0 Å². The Morgan fingerprint density at radius 1 is 1.12 bits per heavy atom. The lowest BCUT2D eigenvalue weighted by molar-refractivity contribution is -0.116. The van der Waals surface area contributed by atoms with Crippen molar-refractivity contribution in [1.82, 2.24) is 5.32 Å². The second-order valence-corrected chi connectivity index (χ2v) is 6.16. The normalized spacial score (nSPS) is 13.2. The van der Waals surface area contributed by atoms with Gasteiger partial charge in [0.2, 0.25) is 5.91 Å². The maximum Gasteiger partial charge on any atom is 0.225 e. The molecular formula is C20H25FN2O2. The molecule has 0 aromatic heterocycles. The number of aliphatic hydroxyl groups excluding tert-OH is 1. The van der Waals surface area contributed by atoms with Crippen LogP contribution < -0.4 is 10.6 Å². The molecule has 3 N–H and O–H groups in total. The molecule has 0 heterocycles. The fourth-order valence-corrected chi connectivity index (χ4v) is 2.75. The van der Waals surface area contributed by atoms with Gasteiger partial charge in [-0.2, -0.15) is 0 Å². The number of anilines is 1. The SMILES string of the molecule is CC(CC(=O)Nc1ccc(F)cc1)NC(CCCO)c1ccccc1. The number of hydrogen-bond donors (Lipinski definition) is 3. The molecule has 4 nitrogen and oxygen atoms in total. The molecule has 0 aliphatic heterocycles. The number of benzene rings is 2. The third-order valence-electron chi connectivity index (χ3n) is 3.96. The number of amides is 1. The van der Waals surface area contributed by atoms with Crippen molar-refractivity contribution in [3.05, 3.63) is 66.0 Å². The van der Waals surface area contributed by atoms with Gasteiger partial charge in [0.25, 0.3) is 0 Å². The molecule has 2 aromatic carbocycles. The van der Waals surface area contributed by atoms with Gasteiger partial charge in [-0.15, -0.1) is 0 Å². The Labute approximate surface area is 148 Å². The van der Waals surface area contributed by atoms with Crippen LogP contribution in [-0.2, 0) is 4.79 Å². The Balaban J connectivity index is 1.90. The zero-order chi connectivity index (χ0) is 18.1. The number of carbonyl (C=O) groups excluding carboxylic acids is 1. The lowest BCUT2D eigenvalue weighted by Gasteiger charge is -2.23. The van der Waals surface area contributed by atoms with Gasteiger partial charge in [-0.05, 0) is 49.6 Å². The van der Waals surface area contributed by atoms with Crippen molar-refractivity contribution >= 4 is 11.6 Å². The molecule has 2 atom stereocenters. The van der Waals surface area contributed by atoms with E-state index < -0.39 is 0 Å². The molecule has 0 radical (unpaired) electrons. The molecular weight excluding hydrogens is 319 g/mol. The van der Waals surface area contributed by atoms with E-state index in [1.165, 1.54) is 12.1 Å². The number of nitrogens with one attached hydrogen (secondary N) is 2. The molecule has 0 saturated heterocycles. The topological polar surface area (TPSA) is 61.4 Å². The first-order chi connectivity index (χ1) is 12.1. The lowest BCUT2D eigenvalue weighted by Crippen LogP contribution is -2.34. The number of carbonyl (C=O) groups is 1. The molecule has 0 bridgehead atoms. The largest absolute Gasteiger partial charge is 0.396 e. The molecule has 0 aliphatic carbocycles. The van der Waals surface area contributed by atoms with Gasteiger partial charge in [0, 0.05) is 30.8 Å². The molecule has 2 rings (SSSR count). The van der Waals surface area contributed by atoms with E-state index in [0.717, 1.165) is 12.0 Å². The van der Waals surface area contributed by atoms with Crippen LogP contribution in [0.2, 0.25) is 0 Å². The average Bonchev–Trinajstić information content (AvgIpc) is 2.61. The summed E-state index contributed by atoms with van der Waals surface area (Å²) < 4.78 is 12.9. The minimum atomic E-state index is -0.331. The first-order valence-corrected chi connectivity index (χ1v) is 8.55. The number of halogens is 1. The quantitative estimate of drug-likeness (QED) is 0.651. The van der Waals surface area contributed by atoms with Crippen molar-refractivity contribution in [2.24, 2.45) is 0 Å². The van der Waals surface area contributed by atoms with Crippen LogP contribution in [-0.4, -0.2) is 23.7 Å². The second kappa shape index (κ2) is 9.91. The van der Waals surface area contributed by atoms with Crippen LogP contribution in [0.25, 0.3) is 0 Å². The maximum atomic E-state index is 12.9. The standard InChI is InChI=1S/C20H25FN2O2/c1-15(14-20(25)23-18-11-9-17(21)10-12-18)22-19(8-5-13-24)16-6-3-2-4-7-16/h2-4,6-7,9-12,15,19,22,24H,5,8,13-14H2,1H3,(H,23,25). The molecule has 0 fully saturated rings. The van der Waals surface area contributed by atoms with Gasteiger partial charge in [0.1, 0.15) is 5.82 Å². The Morgan fingerprint density at radius 3 is 2.44 bits per heavy atom. The Kier molecular flexibility index (Phi) is 7.57. The first kappa shape index (κ1) is 19.1. The van der Waals surface area contributed by atoms with Gasteiger partial charge in [0.15, 0.2) is 0 Å². The molecule has 134 valence electrons. The summed E-state index contributed by atoms with van der Waals surface area (Å²) in [6, 6.07) is 15.8. The van der Waals surface area contributed by atoms with E-state index in [2.05, 4.69) is 10.6 Å². The highest BCUT2D eigenvalue weighted by atomic mass is 19.1. The minimum absolute atomic E-state index is 0.0376. The molecule has 1 amide bonds. The van der Waals surface area contributed by atoms with Crippen molar-refractivity contribution < 1.29 is 14.3 Å². The molecule has 25 heavy (non-hydrogen) atoms. The highest BCUT2D eigenvalue weighted by Gasteiger charge is 2.16. The number of aliphatic hydroxyl groups is 1. The van der Waals surface area contributed by atoms with Gasteiger partial charge < -0.3 is 15.7 Å². The Bertz CT molecular complexity index is 647. The summed E-state index contributed by atoms with van der Waals surface area (Å²) in [4.78, 5) is 12.2. The van der Waals surface area contributed by atoms with E-state index in [-0.39, 0.29) is 30.4 Å². The zero-order valence-electron chi connectivity index (χ0n) is 14.4. The molecule has 2 unspecified atom stereocenters. The fourth-order valence-electron chi connectivity index (χ4n) is 2.75. The van der Waals surface area contributed by atoms with E-state index in [9.17, 15) is 9.18 Å². The average molecular weight is 344 g/mol. The smallest absolute Gasteiger partial charge is 0.225 e. The van der Waals surface area contributed by atoms with E-state index in [1.807, 2.05) is 37.3 Å². The van der Waals surface area contributed by atoms with Crippen LogP contribution in [0.1, 0.15) is 37.8 Å². The van der Waals surface area contributed by atoms with Crippen LogP contribution in [0.4, 0.5) is 10.1 Å². The predicted octanol–water partition coefficient (Wildman–Crippen LogP) is 3.65.